The number of carbonyl (C=O) groups excluding carboxylic acids is 1. The second-order valence-electron chi connectivity index (χ2n) is 6.83. The Kier molecular flexibility index (Phi) is 6.09. The minimum absolute atomic E-state index is 0.125. The van der Waals surface area contributed by atoms with Gasteiger partial charge in [0.25, 0.3) is 5.91 Å². The summed E-state index contributed by atoms with van der Waals surface area (Å²) in [5.41, 5.74) is 3.19. The van der Waals surface area contributed by atoms with Crippen molar-refractivity contribution in [2.45, 2.75) is 39.8 Å². The molecule has 0 fully saturated rings. The highest BCUT2D eigenvalue weighted by atomic mass is 16.5. The second-order valence-corrected chi connectivity index (χ2v) is 6.83. The average Bonchev–Trinajstić information content (AvgIpc) is 3.17. The topological polar surface area (TPSA) is 68.5 Å². The van der Waals surface area contributed by atoms with Gasteiger partial charge in [-0.25, -0.2) is 0 Å². The number of amides is 1. The Morgan fingerprint density at radius 1 is 1.14 bits per heavy atom. The van der Waals surface area contributed by atoms with Gasteiger partial charge in [0.15, 0.2) is 6.10 Å². The molecule has 3 rings (SSSR count). The summed E-state index contributed by atoms with van der Waals surface area (Å²) in [6.45, 7) is 6.23. The van der Waals surface area contributed by atoms with Gasteiger partial charge < -0.3 is 14.2 Å². The number of benzene rings is 2. The van der Waals surface area contributed by atoms with E-state index in [-0.39, 0.29) is 12.5 Å². The monoisotopic (exact) mass is 379 g/mol. The molecule has 0 saturated carbocycles. The van der Waals surface area contributed by atoms with E-state index >= 15 is 0 Å². The van der Waals surface area contributed by atoms with Crippen molar-refractivity contribution in [3.8, 4) is 17.1 Å². The lowest BCUT2D eigenvalue weighted by Gasteiger charge is -2.23. The number of likely N-dealkylation sites (N-methyl/N-ethyl adjacent to an activating group) is 1. The van der Waals surface area contributed by atoms with Crippen LogP contribution in [0.4, 0.5) is 0 Å². The van der Waals surface area contributed by atoms with Crippen molar-refractivity contribution in [2.75, 3.05) is 7.05 Å². The van der Waals surface area contributed by atoms with E-state index in [1.54, 1.807) is 11.9 Å². The molecule has 0 unspecified atom stereocenters. The van der Waals surface area contributed by atoms with Crippen LogP contribution in [0.2, 0.25) is 0 Å². The van der Waals surface area contributed by atoms with Crippen molar-refractivity contribution in [3.05, 3.63) is 65.5 Å². The van der Waals surface area contributed by atoms with Crippen molar-refractivity contribution in [1.29, 1.82) is 0 Å². The van der Waals surface area contributed by atoms with E-state index in [2.05, 4.69) is 10.1 Å². The minimum Gasteiger partial charge on any atom is -0.481 e. The van der Waals surface area contributed by atoms with Crippen molar-refractivity contribution in [2.24, 2.45) is 0 Å². The molecular formula is C22H25N3O3. The number of aryl methyl sites for hydroxylation is 2. The maximum Gasteiger partial charge on any atom is 0.263 e. The molecule has 28 heavy (non-hydrogen) atoms. The number of aromatic nitrogens is 2. The van der Waals surface area contributed by atoms with Crippen LogP contribution >= 0.6 is 0 Å². The predicted octanol–water partition coefficient (Wildman–Crippen LogP) is 4.17. The van der Waals surface area contributed by atoms with E-state index in [1.807, 2.05) is 69.3 Å². The van der Waals surface area contributed by atoms with Crippen LogP contribution in [0, 0.1) is 13.8 Å². The number of carbonyl (C=O) groups is 1. The van der Waals surface area contributed by atoms with E-state index in [9.17, 15) is 4.79 Å². The van der Waals surface area contributed by atoms with Crippen LogP contribution in [0.1, 0.15) is 30.4 Å². The van der Waals surface area contributed by atoms with Crippen LogP contribution < -0.4 is 4.74 Å². The fraction of sp³-hybridized carbons (Fsp3) is 0.318. The first-order chi connectivity index (χ1) is 13.5. The van der Waals surface area contributed by atoms with Gasteiger partial charge in [0.2, 0.25) is 11.7 Å². The third-order valence-electron chi connectivity index (χ3n) is 4.65. The van der Waals surface area contributed by atoms with Crippen LogP contribution in [0.3, 0.4) is 0 Å². The van der Waals surface area contributed by atoms with Crippen LogP contribution in [0.25, 0.3) is 11.4 Å². The number of hydrogen-bond acceptors (Lipinski definition) is 5. The Labute approximate surface area is 165 Å². The van der Waals surface area contributed by atoms with Gasteiger partial charge in [-0.1, -0.05) is 48.5 Å². The van der Waals surface area contributed by atoms with Crippen molar-refractivity contribution < 1.29 is 14.1 Å². The van der Waals surface area contributed by atoms with Gasteiger partial charge in [0, 0.05) is 12.6 Å². The molecule has 1 heterocycles. The Balaban J connectivity index is 1.65. The molecule has 6 heteroatoms. The molecule has 1 aromatic heterocycles. The minimum atomic E-state index is -0.566. The van der Waals surface area contributed by atoms with Gasteiger partial charge in [0.05, 0.1) is 6.54 Å². The van der Waals surface area contributed by atoms with Crippen LogP contribution in [-0.4, -0.2) is 34.1 Å². The number of hydrogen-bond donors (Lipinski definition) is 0. The lowest BCUT2D eigenvalue weighted by atomic mass is 10.1. The van der Waals surface area contributed by atoms with Gasteiger partial charge in [-0.15, -0.1) is 0 Å². The first-order valence-electron chi connectivity index (χ1n) is 9.34. The molecule has 146 valence electrons. The SMILES string of the molecule is CC[C@@H](Oc1ccc(C)c(C)c1)C(=O)N(C)Cc1nc(-c2ccccc2)no1. The molecule has 0 aliphatic rings. The van der Waals surface area contributed by atoms with Gasteiger partial charge >= 0.3 is 0 Å². The van der Waals surface area contributed by atoms with Crippen molar-refractivity contribution in [1.82, 2.24) is 15.0 Å². The summed E-state index contributed by atoms with van der Waals surface area (Å²) >= 11 is 0. The Hall–Kier alpha value is -3.15. The highest BCUT2D eigenvalue weighted by molar-refractivity contribution is 5.81. The standard InChI is InChI=1S/C22H25N3O3/c1-5-19(27-18-12-11-15(2)16(3)13-18)22(26)25(4)14-20-23-21(24-28-20)17-9-7-6-8-10-17/h6-13,19H,5,14H2,1-4H3/t19-/m1/s1. The zero-order valence-electron chi connectivity index (χ0n) is 16.7. The lowest BCUT2D eigenvalue weighted by Crippen LogP contribution is -2.39. The molecule has 0 bridgehead atoms. The third kappa shape index (κ3) is 4.57. The fourth-order valence-corrected chi connectivity index (χ4v) is 2.81. The van der Waals surface area contributed by atoms with Crippen molar-refractivity contribution >= 4 is 5.91 Å². The fourth-order valence-electron chi connectivity index (χ4n) is 2.81. The maximum atomic E-state index is 12.8. The summed E-state index contributed by atoms with van der Waals surface area (Å²) in [4.78, 5) is 18.8. The zero-order chi connectivity index (χ0) is 20.1. The molecule has 0 spiro atoms. The summed E-state index contributed by atoms with van der Waals surface area (Å²) in [7, 11) is 1.71. The van der Waals surface area contributed by atoms with Gasteiger partial charge in [-0.3, -0.25) is 4.79 Å². The Morgan fingerprint density at radius 2 is 1.89 bits per heavy atom. The van der Waals surface area contributed by atoms with E-state index in [4.69, 9.17) is 9.26 Å². The number of nitrogens with zero attached hydrogens (tertiary/aromatic N) is 3. The first-order valence-corrected chi connectivity index (χ1v) is 9.34. The Bertz CT molecular complexity index is 937. The van der Waals surface area contributed by atoms with Crippen LogP contribution in [0.15, 0.2) is 53.1 Å². The molecule has 3 aromatic rings. The molecule has 0 aliphatic carbocycles. The molecule has 0 aliphatic heterocycles. The third-order valence-corrected chi connectivity index (χ3v) is 4.65. The molecule has 0 radical (unpaired) electrons. The highest BCUT2D eigenvalue weighted by Gasteiger charge is 2.24. The largest absolute Gasteiger partial charge is 0.481 e. The molecule has 2 aromatic carbocycles. The van der Waals surface area contributed by atoms with Gasteiger partial charge in [-0.05, 0) is 43.5 Å². The van der Waals surface area contributed by atoms with Crippen molar-refractivity contribution in [3.63, 3.8) is 0 Å². The van der Waals surface area contributed by atoms with E-state index in [0.29, 0.717) is 23.9 Å². The van der Waals surface area contributed by atoms with E-state index < -0.39 is 6.10 Å². The highest BCUT2D eigenvalue weighted by Crippen LogP contribution is 2.20. The first kappa shape index (κ1) is 19.6. The van der Waals surface area contributed by atoms with Crippen LogP contribution in [0.5, 0.6) is 5.75 Å². The summed E-state index contributed by atoms with van der Waals surface area (Å²) in [6, 6.07) is 15.4. The number of rotatable bonds is 7. The Morgan fingerprint density at radius 3 is 2.57 bits per heavy atom. The average molecular weight is 379 g/mol. The normalized spacial score (nSPS) is 11.9. The summed E-state index contributed by atoms with van der Waals surface area (Å²) in [6.07, 6.45) is -0.00141. The molecule has 0 N–H and O–H groups in total. The zero-order valence-corrected chi connectivity index (χ0v) is 16.7. The van der Waals surface area contributed by atoms with E-state index in [0.717, 1.165) is 11.1 Å². The molecule has 0 saturated heterocycles. The predicted molar refractivity (Wildman–Crippen MR) is 107 cm³/mol. The molecule has 1 amide bonds. The molecular weight excluding hydrogens is 354 g/mol. The molecule has 1 atom stereocenters. The van der Waals surface area contributed by atoms with Crippen LogP contribution in [-0.2, 0) is 11.3 Å². The van der Waals surface area contributed by atoms with E-state index in [1.165, 1.54) is 5.56 Å². The lowest BCUT2D eigenvalue weighted by molar-refractivity contribution is -0.138. The van der Waals surface area contributed by atoms with Gasteiger partial charge in [-0.2, -0.15) is 4.98 Å². The summed E-state index contributed by atoms with van der Waals surface area (Å²) < 4.78 is 11.2. The number of ether oxygens (including phenoxy) is 1. The summed E-state index contributed by atoms with van der Waals surface area (Å²) in [5, 5.41) is 3.99. The quantitative estimate of drug-likeness (QED) is 0.616. The molecule has 6 nitrogen and oxygen atoms in total. The second kappa shape index (κ2) is 8.69. The summed E-state index contributed by atoms with van der Waals surface area (Å²) in [5.74, 6) is 1.46. The smallest absolute Gasteiger partial charge is 0.263 e. The van der Waals surface area contributed by atoms with Gasteiger partial charge in [0.1, 0.15) is 5.75 Å². The maximum absolute atomic E-state index is 12.8.